The van der Waals surface area contributed by atoms with E-state index in [2.05, 4.69) is 26.1 Å². The second-order valence-electron chi connectivity index (χ2n) is 8.43. The second kappa shape index (κ2) is 9.53. The minimum absolute atomic E-state index is 0.0409. The molecule has 156 valence electrons. The molecule has 1 saturated carbocycles. The van der Waals surface area contributed by atoms with Crippen LogP contribution in [0.3, 0.4) is 0 Å². The molecule has 1 N–H and O–H groups in total. The number of rotatable bonds is 6. The fourth-order valence-electron chi connectivity index (χ4n) is 5.24. The first-order valence-electron chi connectivity index (χ1n) is 11.1. The average Bonchev–Trinajstić information content (AvgIpc) is 3.23. The highest BCUT2D eigenvalue weighted by atomic mass is 16.5. The van der Waals surface area contributed by atoms with Crippen LogP contribution in [0.25, 0.3) is 11.3 Å². The van der Waals surface area contributed by atoms with Gasteiger partial charge >= 0.3 is 5.97 Å². The lowest BCUT2D eigenvalue weighted by molar-refractivity contribution is -0.152. The highest BCUT2D eigenvalue weighted by Crippen LogP contribution is 2.40. The molecule has 1 saturated heterocycles. The third kappa shape index (κ3) is 4.69. The molecule has 1 aliphatic carbocycles. The standard InChI is InChI=1S/C23H32N4O2/c1-2-29-23(28)21-8-4-3-7-20(21)17-9-12-27(13-10-17)16-19-15-25-26-22(19)18-6-5-11-24-14-18/h5-6,11,14-15,17,20-21H,2-4,7-10,12-13,16H2,1H3,(H,25,26). The van der Waals surface area contributed by atoms with Gasteiger partial charge in [0.15, 0.2) is 0 Å². The molecule has 4 rings (SSSR count). The molecule has 2 aromatic rings. The number of hydrogen-bond donors (Lipinski definition) is 1. The number of nitrogens with zero attached hydrogens (tertiary/aromatic N) is 3. The number of H-pyrrole nitrogens is 1. The van der Waals surface area contributed by atoms with Gasteiger partial charge in [0.25, 0.3) is 0 Å². The van der Waals surface area contributed by atoms with E-state index >= 15 is 0 Å². The van der Waals surface area contributed by atoms with Crippen LogP contribution in [0.4, 0.5) is 0 Å². The van der Waals surface area contributed by atoms with Gasteiger partial charge in [-0.1, -0.05) is 12.8 Å². The zero-order valence-electron chi connectivity index (χ0n) is 17.3. The van der Waals surface area contributed by atoms with Crippen LogP contribution in [0.15, 0.2) is 30.7 Å². The third-order valence-corrected chi connectivity index (χ3v) is 6.71. The molecule has 1 aliphatic heterocycles. The normalized spacial score (nSPS) is 23.8. The van der Waals surface area contributed by atoms with Crippen molar-refractivity contribution in [3.63, 3.8) is 0 Å². The van der Waals surface area contributed by atoms with Gasteiger partial charge in [-0.3, -0.25) is 19.8 Å². The fourth-order valence-corrected chi connectivity index (χ4v) is 5.24. The maximum Gasteiger partial charge on any atom is 0.309 e. The van der Waals surface area contributed by atoms with Crippen LogP contribution in [0, 0.1) is 17.8 Å². The molecular formula is C23H32N4O2. The summed E-state index contributed by atoms with van der Waals surface area (Å²) >= 11 is 0. The highest BCUT2D eigenvalue weighted by Gasteiger charge is 2.38. The van der Waals surface area contributed by atoms with Gasteiger partial charge < -0.3 is 4.74 Å². The maximum atomic E-state index is 12.5. The Morgan fingerprint density at radius 2 is 2.03 bits per heavy atom. The van der Waals surface area contributed by atoms with Crippen molar-refractivity contribution < 1.29 is 9.53 Å². The Bertz CT molecular complexity index is 783. The first-order chi connectivity index (χ1) is 14.3. The third-order valence-electron chi connectivity index (χ3n) is 6.71. The van der Waals surface area contributed by atoms with Crippen molar-refractivity contribution in [2.75, 3.05) is 19.7 Å². The molecule has 2 aromatic heterocycles. The van der Waals surface area contributed by atoms with Crippen LogP contribution in [-0.2, 0) is 16.1 Å². The van der Waals surface area contributed by atoms with Crippen molar-refractivity contribution in [2.24, 2.45) is 17.8 Å². The van der Waals surface area contributed by atoms with Gasteiger partial charge in [-0.25, -0.2) is 0 Å². The van der Waals surface area contributed by atoms with E-state index in [0.717, 1.165) is 43.7 Å². The zero-order chi connectivity index (χ0) is 20.1. The van der Waals surface area contributed by atoms with Crippen molar-refractivity contribution in [1.29, 1.82) is 0 Å². The number of carbonyl (C=O) groups excluding carboxylic acids is 1. The molecular weight excluding hydrogens is 364 g/mol. The van der Waals surface area contributed by atoms with Gasteiger partial charge in [-0.05, 0) is 69.7 Å². The maximum absolute atomic E-state index is 12.5. The minimum atomic E-state index is 0.0409. The number of piperidine rings is 1. The smallest absolute Gasteiger partial charge is 0.309 e. The zero-order valence-corrected chi connectivity index (χ0v) is 17.3. The summed E-state index contributed by atoms with van der Waals surface area (Å²) in [5, 5.41) is 7.40. The number of hydrogen-bond acceptors (Lipinski definition) is 5. The summed E-state index contributed by atoms with van der Waals surface area (Å²) in [7, 11) is 0. The molecule has 0 aromatic carbocycles. The molecule has 2 fully saturated rings. The Kier molecular flexibility index (Phi) is 6.60. The summed E-state index contributed by atoms with van der Waals surface area (Å²) in [5.41, 5.74) is 3.36. The summed E-state index contributed by atoms with van der Waals surface area (Å²) in [4.78, 5) is 19.2. The fraction of sp³-hybridized carbons (Fsp3) is 0.609. The number of pyridine rings is 1. The predicted octanol–water partition coefficient (Wildman–Crippen LogP) is 4.05. The van der Waals surface area contributed by atoms with E-state index in [0.29, 0.717) is 18.4 Å². The van der Waals surface area contributed by atoms with Crippen LogP contribution < -0.4 is 0 Å². The number of carbonyl (C=O) groups is 1. The average molecular weight is 397 g/mol. The molecule has 2 unspecified atom stereocenters. The minimum Gasteiger partial charge on any atom is -0.466 e. The number of aromatic nitrogens is 3. The number of aromatic amines is 1. The van der Waals surface area contributed by atoms with Gasteiger partial charge in [0.1, 0.15) is 0 Å². The van der Waals surface area contributed by atoms with Crippen molar-refractivity contribution >= 4 is 5.97 Å². The van der Waals surface area contributed by atoms with Gasteiger partial charge in [0.05, 0.1) is 24.4 Å². The summed E-state index contributed by atoms with van der Waals surface area (Å²) in [6.45, 7) is 5.45. The van der Waals surface area contributed by atoms with Gasteiger partial charge in [-0.2, -0.15) is 5.10 Å². The van der Waals surface area contributed by atoms with E-state index < -0.39 is 0 Å². The van der Waals surface area contributed by atoms with E-state index in [-0.39, 0.29) is 11.9 Å². The van der Waals surface area contributed by atoms with Gasteiger partial charge in [-0.15, -0.1) is 0 Å². The van der Waals surface area contributed by atoms with Crippen LogP contribution in [0.2, 0.25) is 0 Å². The van der Waals surface area contributed by atoms with Gasteiger partial charge in [0, 0.05) is 30.1 Å². The van der Waals surface area contributed by atoms with E-state index in [1.54, 1.807) is 6.20 Å². The lowest BCUT2D eigenvalue weighted by Crippen LogP contribution is -2.40. The molecule has 6 heteroatoms. The topological polar surface area (TPSA) is 71.1 Å². The Labute approximate surface area is 173 Å². The monoisotopic (exact) mass is 396 g/mol. The molecule has 0 spiro atoms. The summed E-state index contributed by atoms with van der Waals surface area (Å²) in [6, 6.07) is 4.02. The number of likely N-dealkylation sites (tertiary alicyclic amines) is 1. The molecule has 0 amide bonds. The molecule has 0 bridgehead atoms. The Morgan fingerprint density at radius 3 is 2.79 bits per heavy atom. The van der Waals surface area contributed by atoms with E-state index in [9.17, 15) is 4.79 Å². The number of ether oxygens (including phenoxy) is 1. The molecule has 29 heavy (non-hydrogen) atoms. The molecule has 6 nitrogen and oxygen atoms in total. The summed E-state index contributed by atoms with van der Waals surface area (Å²) in [6.07, 6.45) is 12.5. The number of nitrogens with one attached hydrogen (secondary N) is 1. The molecule has 0 radical (unpaired) electrons. The van der Waals surface area contributed by atoms with Crippen LogP contribution in [0.1, 0.15) is 51.0 Å². The lowest BCUT2D eigenvalue weighted by atomic mass is 9.69. The Balaban J connectivity index is 1.35. The molecule has 3 heterocycles. The predicted molar refractivity (Wildman–Crippen MR) is 112 cm³/mol. The quantitative estimate of drug-likeness (QED) is 0.746. The van der Waals surface area contributed by atoms with Crippen molar-refractivity contribution in [3.05, 3.63) is 36.3 Å². The lowest BCUT2D eigenvalue weighted by Gasteiger charge is -2.40. The van der Waals surface area contributed by atoms with E-state index in [4.69, 9.17) is 4.74 Å². The van der Waals surface area contributed by atoms with Gasteiger partial charge in [0.2, 0.25) is 0 Å². The SMILES string of the molecule is CCOC(=O)C1CCCCC1C1CCN(Cc2cn[nH]c2-c2cccnc2)CC1. The van der Waals surface area contributed by atoms with Crippen LogP contribution >= 0.6 is 0 Å². The van der Waals surface area contributed by atoms with E-state index in [1.807, 2.05) is 25.4 Å². The Hall–Kier alpha value is -2.21. The summed E-state index contributed by atoms with van der Waals surface area (Å²) in [5.74, 6) is 1.30. The molecule has 2 aliphatic rings. The van der Waals surface area contributed by atoms with Crippen molar-refractivity contribution in [1.82, 2.24) is 20.1 Å². The van der Waals surface area contributed by atoms with Crippen LogP contribution in [0.5, 0.6) is 0 Å². The number of esters is 1. The van der Waals surface area contributed by atoms with Crippen LogP contribution in [-0.4, -0.2) is 45.7 Å². The second-order valence-corrected chi connectivity index (χ2v) is 8.43. The Morgan fingerprint density at radius 1 is 1.21 bits per heavy atom. The molecule has 2 atom stereocenters. The first-order valence-corrected chi connectivity index (χ1v) is 11.1. The summed E-state index contributed by atoms with van der Waals surface area (Å²) < 4.78 is 5.38. The van der Waals surface area contributed by atoms with Crippen molar-refractivity contribution in [3.8, 4) is 11.3 Å². The van der Waals surface area contributed by atoms with E-state index in [1.165, 1.54) is 31.2 Å². The van der Waals surface area contributed by atoms with Crippen molar-refractivity contribution in [2.45, 2.75) is 52.0 Å². The first kappa shape index (κ1) is 20.1. The largest absolute Gasteiger partial charge is 0.466 e. The highest BCUT2D eigenvalue weighted by molar-refractivity contribution is 5.73.